The van der Waals surface area contributed by atoms with Crippen LogP contribution in [0.2, 0.25) is 0 Å². The van der Waals surface area contributed by atoms with E-state index >= 15 is 0 Å². The number of pyridine rings is 1. The van der Waals surface area contributed by atoms with Gasteiger partial charge in [0.05, 0.1) is 36.1 Å². The number of rotatable bonds is 6. The van der Waals surface area contributed by atoms with Crippen molar-refractivity contribution in [3.05, 3.63) is 42.6 Å². The number of aromatic nitrogens is 3. The van der Waals surface area contributed by atoms with Crippen molar-refractivity contribution >= 4 is 40.2 Å². The highest BCUT2D eigenvalue weighted by Gasteiger charge is 2.18. The molecule has 4 rings (SSSR count). The zero-order chi connectivity index (χ0) is 20.2. The summed E-state index contributed by atoms with van der Waals surface area (Å²) in [6.07, 6.45) is 1.59. The number of alkyl halides is 2. The van der Waals surface area contributed by atoms with Crippen molar-refractivity contribution in [3.8, 4) is 0 Å². The number of halogens is 2. The van der Waals surface area contributed by atoms with Crippen LogP contribution in [-0.2, 0) is 16.1 Å². The van der Waals surface area contributed by atoms with Gasteiger partial charge in [0.1, 0.15) is 12.4 Å². The number of hydrogen-bond donors (Lipinski definition) is 1. The molecule has 0 unspecified atom stereocenters. The molecule has 1 saturated heterocycles. The molecule has 1 aliphatic rings. The second-order valence-corrected chi connectivity index (χ2v) is 7.36. The molecule has 0 saturated carbocycles. The largest absolute Gasteiger partial charge is 0.378 e. The van der Waals surface area contributed by atoms with Gasteiger partial charge in [-0.25, -0.2) is 9.97 Å². The Kier molecular flexibility index (Phi) is 5.91. The summed E-state index contributed by atoms with van der Waals surface area (Å²) in [4.78, 5) is 23.3. The van der Waals surface area contributed by atoms with Crippen LogP contribution in [0.15, 0.2) is 47.8 Å². The van der Waals surface area contributed by atoms with Crippen molar-refractivity contribution in [1.82, 2.24) is 14.5 Å². The molecule has 29 heavy (non-hydrogen) atoms. The summed E-state index contributed by atoms with van der Waals surface area (Å²) in [6.45, 7) is 2.75. The van der Waals surface area contributed by atoms with Gasteiger partial charge in [0.2, 0.25) is 5.91 Å². The van der Waals surface area contributed by atoms with Gasteiger partial charge in [-0.15, -0.1) is 0 Å². The Morgan fingerprint density at radius 1 is 1.21 bits per heavy atom. The summed E-state index contributed by atoms with van der Waals surface area (Å²) in [7, 11) is 0. The number of carbonyl (C=O) groups is 1. The maximum Gasteiger partial charge on any atom is 0.291 e. The van der Waals surface area contributed by atoms with E-state index in [-0.39, 0.29) is 17.6 Å². The molecule has 0 radical (unpaired) electrons. The summed E-state index contributed by atoms with van der Waals surface area (Å²) in [5.41, 5.74) is 1.74. The first-order chi connectivity index (χ1) is 14.1. The van der Waals surface area contributed by atoms with E-state index in [9.17, 15) is 13.6 Å². The molecule has 3 heterocycles. The number of nitrogens with zero attached hydrogens (tertiary/aromatic N) is 4. The fourth-order valence-electron chi connectivity index (χ4n) is 3.16. The van der Waals surface area contributed by atoms with E-state index in [4.69, 9.17) is 4.74 Å². The average molecular weight is 419 g/mol. The number of amides is 1. The lowest BCUT2D eigenvalue weighted by Crippen LogP contribution is -2.36. The molecular weight excluding hydrogens is 400 g/mol. The van der Waals surface area contributed by atoms with Gasteiger partial charge in [-0.05, 0) is 36.0 Å². The number of benzene rings is 1. The van der Waals surface area contributed by atoms with Crippen LogP contribution in [0.25, 0.3) is 11.0 Å². The minimum atomic E-state index is -2.62. The Morgan fingerprint density at radius 2 is 2.00 bits per heavy atom. The number of hydrogen-bond acceptors (Lipinski definition) is 6. The SMILES string of the molecule is O=C(Cn1c(SC(F)F)nc2ccccc21)Nc1ccc(N2CCOCC2)nc1. The fraction of sp³-hybridized carbons (Fsp3) is 0.316. The Bertz CT molecular complexity index is 990. The Morgan fingerprint density at radius 3 is 2.72 bits per heavy atom. The fourth-order valence-corrected chi connectivity index (χ4v) is 3.76. The summed E-state index contributed by atoms with van der Waals surface area (Å²) in [5, 5.41) is 2.87. The standard InChI is InChI=1S/C19H19F2N5O2S/c20-18(21)29-19-24-14-3-1-2-4-15(14)26(19)12-17(27)23-13-5-6-16(22-11-13)25-7-9-28-10-8-25/h1-6,11,18H,7-10,12H2,(H,23,27). The van der Waals surface area contributed by atoms with Crippen LogP contribution in [0.4, 0.5) is 20.3 Å². The predicted molar refractivity (Wildman–Crippen MR) is 107 cm³/mol. The average Bonchev–Trinajstić information content (AvgIpc) is 3.05. The molecule has 7 nitrogen and oxygen atoms in total. The lowest BCUT2D eigenvalue weighted by Gasteiger charge is -2.27. The van der Waals surface area contributed by atoms with Gasteiger partial charge in [-0.1, -0.05) is 12.1 Å². The highest BCUT2D eigenvalue weighted by molar-refractivity contribution is 7.99. The maximum absolute atomic E-state index is 12.9. The van der Waals surface area contributed by atoms with Crippen LogP contribution in [-0.4, -0.2) is 52.5 Å². The number of nitrogens with one attached hydrogen (secondary N) is 1. The third-order valence-electron chi connectivity index (χ3n) is 4.48. The summed E-state index contributed by atoms with van der Waals surface area (Å²) in [5.74, 6) is -2.14. The van der Waals surface area contributed by atoms with Gasteiger partial charge in [-0.3, -0.25) is 4.79 Å². The molecule has 2 aromatic heterocycles. The zero-order valence-corrected chi connectivity index (χ0v) is 16.2. The summed E-state index contributed by atoms with van der Waals surface area (Å²) < 4.78 is 32.6. The molecule has 10 heteroatoms. The topological polar surface area (TPSA) is 72.3 Å². The highest BCUT2D eigenvalue weighted by Crippen LogP contribution is 2.28. The zero-order valence-electron chi connectivity index (χ0n) is 15.4. The van der Waals surface area contributed by atoms with Gasteiger partial charge in [0, 0.05) is 13.1 Å². The molecule has 1 aliphatic heterocycles. The number of morpholine rings is 1. The second kappa shape index (κ2) is 8.75. The first-order valence-electron chi connectivity index (χ1n) is 9.09. The van der Waals surface area contributed by atoms with E-state index in [1.54, 1.807) is 36.5 Å². The van der Waals surface area contributed by atoms with Crippen molar-refractivity contribution < 1.29 is 18.3 Å². The maximum atomic E-state index is 12.9. The number of carbonyl (C=O) groups excluding carboxylic acids is 1. The number of imidazole rings is 1. The van der Waals surface area contributed by atoms with Gasteiger partial charge in [0.25, 0.3) is 5.76 Å². The normalized spacial score (nSPS) is 14.5. The number of anilines is 2. The van der Waals surface area contributed by atoms with E-state index < -0.39 is 5.76 Å². The summed E-state index contributed by atoms with van der Waals surface area (Å²) >= 11 is 0.327. The lowest BCUT2D eigenvalue weighted by atomic mass is 10.3. The second-order valence-electron chi connectivity index (χ2n) is 6.40. The third-order valence-corrected chi connectivity index (χ3v) is 5.18. The van der Waals surface area contributed by atoms with E-state index in [1.165, 1.54) is 4.57 Å². The third kappa shape index (κ3) is 4.65. The lowest BCUT2D eigenvalue weighted by molar-refractivity contribution is -0.116. The van der Waals surface area contributed by atoms with Crippen molar-refractivity contribution in [2.75, 3.05) is 36.5 Å². The molecule has 152 valence electrons. The van der Waals surface area contributed by atoms with Gasteiger partial charge >= 0.3 is 0 Å². The molecule has 0 spiro atoms. The first-order valence-corrected chi connectivity index (χ1v) is 9.97. The molecule has 1 N–H and O–H groups in total. The van der Waals surface area contributed by atoms with Crippen LogP contribution < -0.4 is 10.2 Å². The van der Waals surface area contributed by atoms with Crippen LogP contribution in [0.5, 0.6) is 0 Å². The van der Waals surface area contributed by atoms with Crippen molar-refractivity contribution in [3.63, 3.8) is 0 Å². The highest BCUT2D eigenvalue weighted by atomic mass is 32.2. The minimum Gasteiger partial charge on any atom is -0.378 e. The Labute approximate surface area is 170 Å². The molecule has 0 atom stereocenters. The molecule has 1 amide bonds. The quantitative estimate of drug-likeness (QED) is 0.619. The molecule has 3 aromatic rings. The molecule has 0 bridgehead atoms. The molecule has 1 aromatic carbocycles. The Hall–Kier alpha value is -2.72. The van der Waals surface area contributed by atoms with E-state index in [0.29, 0.717) is 41.7 Å². The van der Waals surface area contributed by atoms with Crippen molar-refractivity contribution in [2.24, 2.45) is 0 Å². The van der Waals surface area contributed by atoms with E-state index in [2.05, 4.69) is 20.2 Å². The molecule has 1 fully saturated rings. The van der Waals surface area contributed by atoms with Crippen LogP contribution in [0, 0.1) is 0 Å². The van der Waals surface area contributed by atoms with Crippen LogP contribution in [0.1, 0.15) is 0 Å². The minimum absolute atomic E-state index is 0.108. The van der Waals surface area contributed by atoms with Crippen molar-refractivity contribution in [1.29, 1.82) is 0 Å². The van der Waals surface area contributed by atoms with Crippen LogP contribution >= 0.6 is 11.8 Å². The van der Waals surface area contributed by atoms with Gasteiger partial charge in [-0.2, -0.15) is 8.78 Å². The molecule has 0 aliphatic carbocycles. The summed E-state index contributed by atoms with van der Waals surface area (Å²) in [6, 6.07) is 10.7. The Balaban J connectivity index is 1.47. The van der Waals surface area contributed by atoms with E-state index in [1.807, 2.05) is 6.07 Å². The van der Waals surface area contributed by atoms with E-state index in [0.717, 1.165) is 18.9 Å². The van der Waals surface area contributed by atoms with Gasteiger partial charge < -0.3 is 19.5 Å². The number of thioether (sulfide) groups is 1. The smallest absolute Gasteiger partial charge is 0.291 e. The number of ether oxygens (including phenoxy) is 1. The van der Waals surface area contributed by atoms with Crippen molar-refractivity contribution in [2.45, 2.75) is 17.5 Å². The van der Waals surface area contributed by atoms with Gasteiger partial charge in [0.15, 0.2) is 5.16 Å². The number of para-hydroxylation sites is 2. The van der Waals surface area contributed by atoms with Crippen LogP contribution in [0.3, 0.4) is 0 Å². The monoisotopic (exact) mass is 419 g/mol. The molecular formula is C19H19F2N5O2S. The number of fused-ring (bicyclic) bond motifs is 1. The predicted octanol–water partition coefficient (Wildman–Crippen LogP) is 3.22. The first kappa shape index (κ1) is 19.6.